The average molecular weight is 296 g/mol. The zero-order valence-corrected chi connectivity index (χ0v) is 12.4. The van der Waals surface area contributed by atoms with Crippen molar-refractivity contribution in [1.82, 2.24) is 10.6 Å². The number of hydrogen-bond donors (Lipinski definition) is 2. The molecule has 1 aromatic carbocycles. The van der Waals surface area contributed by atoms with Crippen molar-refractivity contribution >= 4 is 16.7 Å². The third-order valence-electron chi connectivity index (χ3n) is 3.20. The summed E-state index contributed by atoms with van der Waals surface area (Å²) < 4.78 is 17.1. The molecule has 1 aliphatic rings. The number of benzene rings is 1. The summed E-state index contributed by atoms with van der Waals surface area (Å²) in [7, 11) is -1.17. The number of carbonyl (C=O) groups is 1. The van der Waals surface area contributed by atoms with Crippen molar-refractivity contribution in [3.05, 3.63) is 29.8 Å². The highest BCUT2D eigenvalue weighted by atomic mass is 32.2. The molecule has 1 saturated heterocycles. The van der Waals surface area contributed by atoms with Gasteiger partial charge in [-0.3, -0.25) is 9.00 Å². The van der Waals surface area contributed by atoms with Crippen LogP contribution in [-0.2, 0) is 15.5 Å². The molecule has 0 bridgehead atoms. The van der Waals surface area contributed by atoms with E-state index in [0.717, 1.165) is 13.1 Å². The second-order valence-electron chi connectivity index (χ2n) is 4.81. The summed E-state index contributed by atoms with van der Waals surface area (Å²) in [5.74, 6) is 0.0841. The molecule has 1 aliphatic heterocycles. The monoisotopic (exact) mass is 296 g/mol. The van der Waals surface area contributed by atoms with Crippen molar-refractivity contribution in [2.24, 2.45) is 5.92 Å². The Bertz CT molecular complexity index is 485. The number of carbonyl (C=O) groups excluding carboxylic acids is 1. The minimum absolute atomic E-state index is 0.181. The third-order valence-corrected chi connectivity index (χ3v) is 4.18. The Hall–Kier alpha value is -1.24. The van der Waals surface area contributed by atoms with Gasteiger partial charge < -0.3 is 15.4 Å². The molecule has 2 rings (SSSR count). The Morgan fingerprint density at radius 3 is 3.10 bits per heavy atom. The summed E-state index contributed by atoms with van der Waals surface area (Å²) in [5, 5.41) is 6.16. The van der Waals surface area contributed by atoms with Gasteiger partial charge in [-0.2, -0.15) is 0 Å². The predicted molar refractivity (Wildman–Crippen MR) is 78.3 cm³/mol. The van der Waals surface area contributed by atoms with Crippen LogP contribution in [0.25, 0.3) is 0 Å². The van der Waals surface area contributed by atoms with Crippen LogP contribution in [-0.4, -0.2) is 49.2 Å². The SMILES string of the molecule is CS(=O)c1ccccc1C(=O)NCC1CNCCOC1. The summed E-state index contributed by atoms with van der Waals surface area (Å²) >= 11 is 0. The molecule has 1 amide bonds. The van der Waals surface area contributed by atoms with Crippen LogP contribution in [0, 0.1) is 5.92 Å². The van der Waals surface area contributed by atoms with Crippen molar-refractivity contribution in [1.29, 1.82) is 0 Å². The van der Waals surface area contributed by atoms with Gasteiger partial charge in [0.1, 0.15) is 0 Å². The van der Waals surface area contributed by atoms with E-state index in [0.29, 0.717) is 30.2 Å². The van der Waals surface area contributed by atoms with Gasteiger partial charge >= 0.3 is 0 Å². The van der Waals surface area contributed by atoms with Gasteiger partial charge in [0, 0.05) is 31.8 Å². The van der Waals surface area contributed by atoms with Crippen molar-refractivity contribution in [3.8, 4) is 0 Å². The smallest absolute Gasteiger partial charge is 0.252 e. The first-order chi connectivity index (χ1) is 9.68. The van der Waals surface area contributed by atoms with E-state index in [-0.39, 0.29) is 11.8 Å². The second-order valence-corrected chi connectivity index (χ2v) is 6.15. The first kappa shape index (κ1) is 15.2. The minimum Gasteiger partial charge on any atom is -0.380 e. The zero-order chi connectivity index (χ0) is 14.4. The predicted octanol–water partition coefficient (Wildman–Crippen LogP) is 0.390. The molecule has 2 N–H and O–H groups in total. The van der Waals surface area contributed by atoms with Gasteiger partial charge in [-0.15, -0.1) is 0 Å². The second kappa shape index (κ2) is 7.52. The van der Waals surface area contributed by atoms with Crippen molar-refractivity contribution in [2.45, 2.75) is 4.90 Å². The van der Waals surface area contributed by atoms with E-state index >= 15 is 0 Å². The Labute approximate surface area is 121 Å². The van der Waals surface area contributed by atoms with Gasteiger partial charge in [0.25, 0.3) is 5.91 Å². The van der Waals surface area contributed by atoms with Crippen LogP contribution in [0.4, 0.5) is 0 Å². The highest BCUT2D eigenvalue weighted by Crippen LogP contribution is 2.12. The van der Waals surface area contributed by atoms with Crippen LogP contribution in [0.5, 0.6) is 0 Å². The van der Waals surface area contributed by atoms with E-state index in [1.165, 1.54) is 0 Å². The van der Waals surface area contributed by atoms with Crippen molar-refractivity contribution in [3.63, 3.8) is 0 Å². The van der Waals surface area contributed by atoms with Crippen molar-refractivity contribution < 1.29 is 13.7 Å². The lowest BCUT2D eigenvalue weighted by atomic mass is 10.1. The van der Waals surface area contributed by atoms with E-state index in [9.17, 15) is 9.00 Å². The molecular weight excluding hydrogens is 276 g/mol. The summed E-state index contributed by atoms with van der Waals surface area (Å²) in [6, 6.07) is 6.99. The van der Waals surface area contributed by atoms with E-state index < -0.39 is 10.8 Å². The Balaban J connectivity index is 1.96. The fourth-order valence-electron chi connectivity index (χ4n) is 2.13. The van der Waals surface area contributed by atoms with Gasteiger partial charge in [-0.05, 0) is 12.1 Å². The van der Waals surface area contributed by atoms with Crippen molar-refractivity contribution in [2.75, 3.05) is 39.1 Å². The molecule has 0 aliphatic carbocycles. The lowest BCUT2D eigenvalue weighted by molar-refractivity contribution is 0.0918. The summed E-state index contributed by atoms with van der Waals surface area (Å²) in [6.07, 6.45) is 1.58. The number of nitrogens with one attached hydrogen (secondary N) is 2. The fourth-order valence-corrected chi connectivity index (χ4v) is 2.87. The van der Waals surface area contributed by atoms with Crippen LogP contribution < -0.4 is 10.6 Å². The molecule has 5 nitrogen and oxygen atoms in total. The fraction of sp³-hybridized carbons (Fsp3) is 0.500. The summed E-state index contributed by atoms with van der Waals surface area (Å²) in [4.78, 5) is 12.8. The molecular formula is C14H20N2O3S. The molecule has 6 heteroatoms. The molecule has 1 heterocycles. The van der Waals surface area contributed by atoms with Gasteiger partial charge in [0.15, 0.2) is 0 Å². The van der Waals surface area contributed by atoms with Crippen LogP contribution >= 0.6 is 0 Å². The zero-order valence-electron chi connectivity index (χ0n) is 11.6. The molecule has 0 radical (unpaired) electrons. The molecule has 2 unspecified atom stereocenters. The first-order valence-electron chi connectivity index (χ1n) is 6.67. The van der Waals surface area contributed by atoms with E-state index in [1.807, 2.05) is 0 Å². The van der Waals surface area contributed by atoms with Gasteiger partial charge in [-0.25, -0.2) is 0 Å². The number of amides is 1. The maximum Gasteiger partial charge on any atom is 0.252 e. The van der Waals surface area contributed by atoms with Crippen LogP contribution in [0.2, 0.25) is 0 Å². The van der Waals surface area contributed by atoms with E-state index in [2.05, 4.69) is 10.6 Å². The first-order valence-corrected chi connectivity index (χ1v) is 8.23. The molecule has 0 saturated carbocycles. The Kier molecular flexibility index (Phi) is 5.70. The molecule has 1 fully saturated rings. The topological polar surface area (TPSA) is 67.4 Å². The molecule has 0 spiro atoms. The van der Waals surface area contributed by atoms with Crippen LogP contribution in [0.1, 0.15) is 10.4 Å². The molecule has 20 heavy (non-hydrogen) atoms. The molecule has 2 atom stereocenters. The van der Waals surface area contributed by atoms with Crippen LogP contribution in [0.3, 0.4) is 0 Å². The highest BCUT2D eigenvalue weighted by molar-refractivity contribution is 7.84. The van der Waals surface area contributed by atoms with Crippen LogP contribution in [0.15, 0.2) is 29.2 Å². The summed E-state index contributed by atoms with van der Waals surface area (Å²) in [5.41, 5.74) is 0.482. The molecule has 1 aromatic rings. The molecule has 110 valence electrons. The van der Waals surface area contributed by atoms with Gasteiger partial charge in [0.2, 0.25) is 0 Å². The standard InChI is InChI=1S/C14H20N2O3S/c1-20(18)13-5-3-2-4-12(13)14(17)16-9-11-8-15-6-7-19-10-11/h2-5,11,15H,6-10H2,1H3,(H,16,17). The average Bonchev–Trinajstić information content (AvgIpc) is 2.73. The van der Waals surface area contributed by atoms with Gasteiger partial charge in [-0.1, -0.05) is 12.1 Å². The number of rotatable bonds is 4. The number of ether oxygens (including phenoxy) is 1. The Morgan fingerprint density at radius 2 is 2.30 bits per heavy atom. The summed E-state index contributed by atoms with van der Waals surface area (Å²) in [6.45, 7) is 3.59. The van der Waals surface area contributed by atoms with E-state index in [1.54, 1.807) is 30.5 Å². The maximum absolute atomic E-state index is 12.2. The highest BCUT2D eigenvalue weighted by Gasteiger charge is 2.16. The maximum atomic E-state index is 12.2. The largest absolute Gasteiger partial charge is 0.380 e. The Morgan fingerprint density at radius 1 is 1.50 bits per heavy atom. The van der Waals surface area contributed by atoms with Gasteiger partial charge in [0.05, 0.1) is 34.5 Å². The lowest BCUT2D eigenvalue weighted by Gasteiger charge is -2.15. The molecule has 0 aromatic heterocycles. The minimum atomic E-state index is -1.17. The lowest BCUT2D eigenvalue weighted by Crippen LogP contribution is -2.35. The third kappa shape index (κ3) is 4.13. The number of hydrogen-bond acceptors (Lipinski definition) is 4. The quantitative estimate of drug-likeness (QED) is 0.843. The normalized spacial score (nSPS) is 20.9. The van der Waals surface area contributed by atoms with E-state index in [4.69, 9.17) is 4.74 Å².